The summed E-state index contributed by atoms with van der Waals surface area (Å²) < 4.78 is 0.825. The molecule has 3 nitrogen and oxygen atoms in total. The van der Waals surface area contributed by atoms with Crippen LogP contribution in [-0.2, 0) is 0 Å². The summed E-state index contributed by atoms with van der Waals surface area (Å²) in [4.78, 5) is 14.4. The van der Waals surface area contributed by atoms with Gasteiger partial charge in [-0.05, 0) is 63.5 Å². The largest absolute Gasteiger partial charge is 0.352 e. The third-order valence-electron chi connectivity index (χ3n) is 3.80. The Morgan fingerprint density at radius 3 is 2.75 bits per heavy atom. The van der Waals surface area contributed by atoms with Gasteiger partial charge in [-0.2, -0.15) is 0 Å². The van der Waals surface area contributed by atoms with Gasteiger partial charge in [0.1, 0.15) is 0 Å². The van der Waals surface area contributed by atoms with E-state index in [4.69, 9.17) is 11.6 Å². The van der Waals surface area contributed by atoms with Crippen molar-refractivity contribution in [1.29, 1.82) is 0 Å². The molecule has 0 spiro atoms. The molecule has 1 aromatic rings. The van der Waals surface area contributed by atoms with E-state index >= 15 is 0 Å². The number of hydrogen-bond acceptors (Lipinski definition) is 2. The van der Waals surface area contributed by atoms with E-state index in [-0.39, 0.29) is 5.91 Å². The number of nitrogens with zero attached hydrogens (tertiary/aromatic N) is 1. The van der Waals surface area contributed by atoms with Crippen LogP contribution in [0, 0.1) is 5.92 Å². The van der Waals surface area contributed by atoms with E-state index in [1.807, 2.05) is 0 Å². The normalized spacial score (nSPS) is 17.1. The Balaban J connectivity index is 1.77. The van der Waals surface area contributed by atoms with Gasteiger partial charge in [0.25, 0.3) is 5.91 Å². The molecule has 110 valence electrons. The summed E-state index contributed by atoms with van der Waals surface area (Å²) >= 11 is 9.30. The number of carbonyl (C=O) groups is 1. The maximum atomic E-state index is 12.0. The molecule has 0 bridgehead atoms. The molecule has 1 aromatic carbocycles. The number of rotatable bonds is 4. The molecule has 0 radical (unpaired) electrons. The number of carbonyl (C=O) groups excluding carboxylic acids is 1. The summed E-state index contributed by atoms with van der Waals surface area (Å²) in [5.41, 5.74) is 0.604. The minimum Gasteiger partial charge on any atom is -0.352 e. The second kappa shape index (κ2) is 7.43. The van der Waals surface area contributed by atoms with Crippen molar-refractivity contribution in [2.24, 2.45) is 5.92 Å². The second-order valence-electron chi connectivity index (χ2n) is 5.45. The van der Waals surface area contributed by atoms with E-state index in [0.29, 0.717) is 10.6 Å². The van der Waals surface area contributed by atoms with Crippen LogP contribution in [0.5, 0.6) is 0 Å². The molecular formula is C15H20BrClN2O. The second-order valence-corrected chi connectivity index (χ2v) is 6.80. The number of benzene rings is 1. The van der Waals surface area contributed by atoms with Crippen LogP contribution in [0.4, 0.5) is 0 Å². The molecule has 0 atom stereocenters. The van der Waals surface area contributed by atoms with E-state index in [1.54, 1.807) is 18.2 Å². The highest BCUT2D eigenvalue weighted by Gasteiger charge is 2.16. The van der Waals surface area contributed by atoms with Crippen molar-refractivity contribution in [2.45, 2.75) is 19.3 Å². The van der Waals surface area contributed by atoms with Crippen LogP contribution in [0.25, 0.3) is 0 Å². The highest BCUT2D eigenvalue weighted by Crippen LogP contribution is 2.20. The van der Waals surface area contributed by atoms with Crippen LogP contribution in [-0.4, -0.2) is 37.5 Å². The van der Waals surface area contributed by atoms with Crippen molar-refractivity contribution in [3.8, 4) is 0 Å². The predicted molar refractivity (Wildman–Crippen MR) is 86.3 cm³/mol. The van der Waals surface area contributed by atoms with Crippen LogP contribution in [0.3, 0.4) is 0 Å². The molecule has 1 fully saturated rings. The average molecular weight is 360 g/mol. The molecule has 2 rings (SSSR count). The molecule has 1 heterocycles. The van der Waals surface area contributed by atoms with E-state index in [2.05, 4.69) is 33.2 Å². The monoisotopic (exact) mass is 358 g/mol. The van der Waals surface area contributed by atoms with Crippen LogP contribution in [0.15, 0.2) is 22.7 Å². The third-order valence-corrected chi connectivity index (χ3v) is 4.48. The fourth-order valence-corrected chi connectivity index (χ4v) is 3.39. The van der Waals surface area contributed by atoms with Crippen molar-refractivity contribution < 1.29 is 4.79 Å². The number of piperidine rings is 1. The van der Waals surface area contributed by atoms with Gasteiger partial charge in [-0.3, -0.25) is 4.79 Å². The molecule has 20 heavy (non-hydrogen) atoms. The number of hydrogen-bond donors (Lipinski definition) is 1. The molecule has 0 aliphatic carbocycles. The first-order chi connectivity index (χ1) is 9.54. The topological polar surface area (TPSA) is 32.3 Å². The maximum Gasteiger partial charge on any atom is 0.251 e. The Morgan fingerprint density at radius 1 is 1.40 bits per heavy atom. The lowest BCUT2D eigenvalue weighted by atomic mass is 9.94. The maximum absolute atomic E-state index is 12.0. The molecule has 1 N–H and O–H groups in total. The van der Waals surface area contributed by atoms with Gasteiger partial charge in [0.15, 0.2) is 0 Å². The van der Waals surface area contributed by atoms with Crippen LogP contribution >= 0.6 is 27.5 Å². The van der Waals surface area contributed by atoms with E-state index in [0.717, 1.165) is 23.4 Å². The molecule has 1 amide bonds. The first-order valence-corrected chi connectivity index (χ1v) is 8.14. The van der Waals surface area contributed by atoms with Gasteiger partial charge >= 0.3 is 0 Å². The smallest absolute Gasteiger partial charge is 0.251 e. The minimum absolute atomic E-state index is 0.0545. The summed E-state index contributed by atoms with van der Waals surface area (Å²) in [5.74, 6) is 0.679. The van der Waals surface area contributed by atoms with Crippen molar-refractivity contribution in [3.05, 3.63) is 33.3 Å². The Labute approximate surface area is 133 Å². The Morgan fingerprint density at radius 2 is 2.10 bits per heavy atom. The van der Waals surface area contributed by atoms with Gasteiger partial charge in [0.2, 0.25) is 0 Å². The van der Waals surface area contributed by atoms with Crippen molar-refractivity contribution in [3.63, 3.8) is 0 Å². The third kappa shape index (κ3) is 4.76. The fourth-order valence-electron chi connectivity index (χ4n) is 2.53. The van der Waals surface area contributed by atoms with Crippen molar-refractivity contribution in [1.82, 2.24) is 10.2 Å². The van der Waals surface area contributed by atoms with Crippen LogP contribution in [0.1, 0.15) is 29.6 Å². The van der Waals surface area contributed by atoms with Gasteiger partial charge in [0.05, 0.1) is 0 Å². The van der Waals surface area contributed by atoms with Crippen LogP contribution in [0.2, 0.25) is 5.02 Å². The molecule has 1 aliphatic rings. The quantitative estimate of drug-likeness (QED) is 0.891. The van der Waals surface area contributed by atoms with E-state index < -0.39 is 0 Å². The summed E-state index contributed by atoms with van der Waals surface area (Å²) in [5, 5.41) is 3.55. The summed E-state index contributed by atoms with van der Waals surface area (Å²) in [6.07, 6.45) is 3.52. The van der Waals surface area contributed by atoms with Gasteiger partial charge in [-0.1, -0.05) is 27.5 Å². The number of likely N-dealkylation sites (tertiary alicyclic amines) is 1. The van der Waals surface area contributed by atoms with Gasteiger partial charge in [-0.25, -0.2) is 0 Å². The molecule has 0 unspecified atom stereocenters. The SMILES string of the molecule is CN1CCC(CCNC(=O)c2cc(Cl)cc(Br)c2)CC1. The van der Waals surface area contributed by atoms with Gasteiger partial charge < -0.3 is 10.2 Å². The van der Waals surface area contributed by atoms with Crippen molar-refractivity contribution >= 4 is 33.4 Å². The average Bonchev–Trinajstić information content (AvgIpc) is 2.40. The lowest BCUT2D eigenvalue weighted by Gasteiger charge is -2.28. The standard InChI is InChI=1S/C15H20BrClN2O/c1-19-6-3-11(4-7-19)2-5-18-15(20)12-8-13(16)10-14(17)9-12/h8-11H,2-7H2,1H3,(H,18,20). The summed E-state index contributed by atoms with van der Waals surface area (Å²) in [7, 11) is 2.16. The molecule has 5 heteroatoms. The molecule has 1 saturated heterocycles. The number of amides is 1. The fraction of sp³-hybridized carbons (Fsp3) is 0.533. The van der Waals surface area contributed by atoms with Gasteiger partial charge in [-0.15, -0.1) is 0 Å². The molecule has 0 saturated carbocycles. The lowest BCUT2D eigenvalue weighted by molar-refractivity contribution is 0.0949. The zero-order valence-electron chi connectivity index (χ0n) is 11.7. The van der Waals surface area contributed by atoms with Crippen LogP contribution < -0.4 is 5.32 Å². The highest BCUT2D eigenvalue weighted by molar-refractivity contribution is 9.10. The first-order valence-electron chi connectivity index (χ1n) is 6.97. The van der Waals surface area contributed by atoms with Crippen molar-refractivity contribution in [2.75, 3.05) is 26.7 Å². The summed E-state index contributed by atoms with van der Waals surface area (Å²) in [6, 6.07) is 5.25. The Hall–Kier alpha value is -0.580. The predicted octanol–water partition coefficient (Wildman–Crippen LogP) is 3.56. The number of halogens is 2. The Bertz CT molecular complexity index is 453. The highest BCUT2D eigenvalue weighted by atomic mass is 79.9. The summed E-state index contributed by atoms with van der Waals surface area (Å²) in [6.45, 7) is 3.07. The Kier molecular flexibility index (Phi) is 5.87. The molecular weight excluding hydrogens is 340 g/mol. The molecule has 0 aromatic heterocycles. The molecule has 1 aliphatic heterocycles. The zero-order valence-corrected chi connectivity index (χ0v) is 14.0. The minimum atomic E-state index is -0.0545. The van der Waals surface area contributed by atoms with E-state index in [9.17, 15) is 4.79 Å². The zero-order chi connectivity index (χ0) is 14.5. The van der Waals surface area contributed by atoms with E-state index in [1.165, 1.54) is 25.9 Å². The lowest BCUT2D eigenvalue weighted by Crippen LogP contribution is -2.32. The number of nitrogens with one attached hydrogen (secondary N) is 1. The first kappa shape index (κ1) is 15.8. The van der Waals surface area contributed by atoms with Gasteiger partial charge in [0, 0.05) is 21.6 Å².